The average Bonchev–Trinajstić information content (AvgIpc) is 3.15. The van der Waals surface area contributed by atoms with Crippen molar-refractivity contribution in [3.63, 3.8) is 0 Å². The molecule has 1 saturated carbocycles. The lowest BCUT2D eigenvalue weighted by atomic mass is 9.86. The first-order valence-electron chi connectivity index (χ1n) is 8.75. The lowest BCUT2D eigenvalue weighted by molar-refractivity contribution is -0.128. The zero-order chi connectivity index (χ0) is 18.1. The second-order valence-electron chi connectivity index (χ2n) is 6.83. The van der Waals surface area contributed by atoms with Gasteiger partial charge in [-0.15, -0.1) is 10.2 Å². The number of anilines is 1. The van der Waals surface area contributed by atoms with Gasteiger partial charge < -0.3 is 10.2 Å². The molecule has 26 heavy (non-hydrogen) atoms. The molecule has 1 aromatic heterocycles. The highest BCUT2D eigenvalue weighted by molar-refractivity contribution is 7.15. The molecule has 6 nitrogen and oxygen atoms in total. The van der Waals surface area contributed by atoms with Crippen molar-refractivity contribution in [2.45, 2.75) is 38.1 Å². The maximum Gasteiger partial charge on any atom is 0.231 e. The van der Waals surface area contributed by atoms with E-state index in [9.17, 15) is 9.59 Å². The van der Waals surface area contributed by atoms with Crippen molar-refractivity contribution in [2.75, 3.05) is 11.9 Å². The molecular weight excluding hydrogens is 372 g/mol. The topological polar surface area (TPSA) is 75.2 Å². The number of hydrogen-bond donors (Lipinski definition) is 1. The van der Waals surface area contributed by atoms with Crippen molar-refractivity contribution in [1.82, 2.24) is 15.1 Å². The van der Waals surface area contributed by atoms with Crippen LogP contribution in [0.4, 0.5) is 5.13 Å². The molecule has 2 fully saturated rings. The molecule has 0 bridgehead atoms. The Labute approximate surface area is 160 Å². The lowest BCUT2D eigenvalue weighted by Crippen LogP contribution is -2.28. The summed E-state index contributed by atoms with van der Waals surface area (Å²) in [6, 6.07) is 7.44. The van der Waals surface area contributed by atoms with Gasteiger partial charge in [0, 0.05) is 30.5 Å². The SMILES string of the molecule is O=C(Nc1nnc(C2CCC2)s1)C1CC(=O)N(Cc2ccccc2Cl)C1. The van der Waals surface area contributed by atoms with Crippen LogP contribution in [-0.4, -0.2) is 33.5 Å². The molecule has 0 spiro atoms. The van der Waals surface area contributed by atoms with Crippen LogP contribution in [0.3, 0.4) is 0 Å². The summed E-state index contributed by atoms with van der Waals surface area (Å²) in [5.74, 6) is -0.0767. The van der Waals surface area contributed by atoms with Gasteiger partial charge in [0.05, 0.1) is 5.92 Å². The van der Waals surface area contributed by atoms with Crippen LogP contribution in [0, 0.1) is 5.92 Å². The van der Waals surface area contributed by atoms with Gasteiger partial charge >= 0.3 is 0 Å². The number of nitrogens with zero attached hydrogens (tertiary/aromatic N) is 3. The molecule has 4 rings (SSSR count). The maximum atomic E-state index is 12.5. The first-order chi connectivity index (χ1) is 12.6. The minimum atomic E-state index is -0.374. The van der Waals surface area contributed by atoms with Crippen molar-refractivity contribution in [3.8, 4) is 0 Å². The van der Waals surface area contributed by atoms with Crippen LogP contribution < -0.4 is 5.32 Å². The molecule has 1 unspecified atom stereocenters. The van der Waals surface area contributed by atoms with E-state index < -0.39 is 0 Å². The number of aromatic nitrogens is 2. The van der Waals surface area contributed by atoms with E-state index >= 15 is 0 Å². The number of likely N-dealkylation sites (tertiary alicyclic amines) is 1. The van der Waals surface area contributed by atoms with Crippen LogP contribution in [0.25, 0.3) is 0 Å². The van der Waals surface area contributed by atoms with Gasteiger partial charge in [-0.05, 0) is 24.5 Å². The molecule has 1 aliphatic carbocycles. The van der Waals surface area contributed by atoms with Crippen molar-refractivity contribution in [2.24, 2.45) is 5.92 Å². The lowest BCUT2D eigenvalue weighted by Gasteiger charge is -2.21. The smallest absolute Gasteiger partial charge is 0.231 e. The Morgan fingerprint density at radius 3 is 2.85 bits per heavy atom. The summed E-state index contributed by atoms with van der Waals surface area (Å²) in [6.07, 6.45) is 3.75. The fourth-order valence-electron chi connectivity index (χ4n) is 3.25. The summed E-state index contributed by atoms with van der Waals surface area (Å²) in [5, 5.41) is 13.2. The van der Waals surface area contributed by atoms with Gasteiger partial charge in [0.1, 0.15) is 5.01 Å². The first kappa shape index (κ1) is 17.4. The molecule has 2 heterocycles. The largest absolute Gasteiger partial charge is 0.337 e. The minimum absolute atomic E-state index is 0.0301. The zero-order valence-electron chi connectivity index (χ0n) is 14.2. The summed E-state index contributed by atoms with van der Waals surface area (Å²) < 4.78 is 0. The molecule has 136 valence electrons. The Bertz CT molecular complexity index is 836. The molecule has 2 aromatic rings. The number of carbonyl (C=O) groups is 2. The monoisotopic (exact) mass is 390 g/mol. The van der Waals surface area contributed by atoms with E-state index in [2.05, 4.69) is 15.5 Å². The van der Waals surface area contributed by atoms with E-state index in [4.69, 9.17) is 11.6 Å². The van der Waals surface area contributed by atoms with E-state index in [-0.39, 0.29) is 24.2 Å². The highest BCUT2D eigenvalue weighted by Crippen LogP contribution is 2.38. The number of carbonyl (C=O) groups excluding carboxylic acids is 2. The number of halogens is 1. The highest BCUT2D eigenvalue weighted by Gasteiger charge is 2.35. The Morgan fingerprint density at radius 2 is 2.12 bits per heavy atom. The third-order valence-corrected chi connectivity index (χ3v) is 6.40. The van der Waals surface area contributed by atoms with Gasteiger partial charge in [-0.25, -0.2) is 0 Å². The van der Waals surface area contributed by atoms with Crippen LogP contribution in [0.2, 0.25) is 5.02 Å². The molecule has 8 heteroatoms. The highest BCUT2D eigenvalue weighted by atomic mass is 35.5. The summed E-state index contributed by atoms with van der Waals surface area (Å²) in [4.78, 5) is 26.5. The van der Waals surface area contributed by atoms with E-state index in [0.717, 1.165) is 23.4 Å². The summed E-state index contributed by atoms with van der Waals surface area (Å²) in [6.45, 7) is 0.817. The third-order valence-electron chi connectivity index (χ3n) is 5.03. The Kier molecular flexibility index (Phi) is 4.91. The summed E-state index contributed by atoms with van der Waals surface area (Å²) in [5.41, 5.74) is 0.887. The van der Waals surface area contributed by atoms with Crippen LogP contribution in [0.15, 0.2) is 24.3 Å². The predicted molar refractivity (Wildman–Crippen MR) is 100 cm³/mol. The van der Waals surface area contributed by atoms with Gasteiger partial charge in [-0.2, -0.15) is 0 Å². The fraction of sp³-hybridized carbons (Fsp3) is 0.444. The number of benzene rings is 1. The number of amides is 2. The third kappa shape index (κ3) is 3.59. The Morgan fingerprint density at radius 1 is 1.31 bits per heavy atom. The second-order valence-corrected chi connectivity index (χ2v) is 8.25. The molecule has 1 N–H and O–H groups in total. The van der Waals surface area contributed by atoms with Gasteiger partial charge in [-0.3, -0.25) is 9.59 Å². The van der Waals surface area contributed by atoms with Crippen molar-refractivity contribution >= 4 is 39.9 Å². The van der Waals surface area contributed by atoms with E-state index in [1.807, 2.05) is 18.2 Å². The van der Waals surface area contributed by atoms with Gasteiger partial charge in [0.15, 0.2) is 0 Å². The number of rotatable bonds is 5. The Balaban J connectivity index is 1.36. The standard InChI is InChI=1S/C18H19ClN4O2S/c19-14-7-2-1-4-12(14)9-23-10-13(8-15(23)24)16(25)20-18-22-21-17(26-18)11-5-3-6-11/h1-2,4,7,11,13H,3,5-6,8-10H2,(H,20,22,25). The Hall–Kier alpha value is -1.99. The first-order valence-corrected chi connectivity index (χ1v) is 9.95. The van der Waals surface area contributed by atoms with E-state index in [1.165, 1.54) is 17.8 Å². The van der Waals surface area contributed by atoms with Crippen LogP contribution in [0.1, 0.15) is 42.2 Å². The summed E-state index contributed by atoms with van der Waals surface area (Å²) in [7, 11) is 0. The molecule has 1 aromatic carbocycles. The van der Waals surface area contributed by atoms with Crippen molar-refractivity contribution in [1.29, 1.82) is 0 Å². The summed E-state index contributed by atoms with van der Waals surface area (Å²) >= 11 is 7.61. The van der Waals surface area contributed by atoms with Crippen LogP contribution in [-0.2, 0) is 16.1 Å². The minimum Gasteiger partial charge on any atom is -0.337 e. The molecule has 0 radical (unpaired) electrons. The van der Waals surface area contributed by atoms with E-state index in [1.54, 1.807) is 11.0 Å². The number of nitrogens with one attached hydrogen (secondary N) is 1. The van der Waals surface area contributed by atoms with Gasteiger partial charge in [0.25, 0.3) is 0 Å². The predicted octanol–water partition coefficient (Wildman–Crippen LogP) is 3.45. The van der Waals surface area contributed by atoms with Crippen LogP contribution >= 0.6 is 22.9 Å². The van der Waals surface area contributed by atoms with Crippen LogP contribution in [0.5, 0.6) is 0 Å². The maximum absolute atomic E-state index is 12.5. The molecule has 1 atom stereocenters. The second kappa shape index (κ2) is 7.32. The molecule has 2 aliphatic rings. The molecule has 1 aliphatic heterocycles. The van der Waals surface area contributed by atoms with Gasteiger partial charge in [0.2, 0.25) is 16.9 Å². The fourth-order valence-corrected chi connectivity index (χ4v) is 4.36. The molecule has 2 amide bonds. The zero-order valence-corrected chi connectivity index (χ0v) is 15.7. The molecule has 1 saturated heterocycles. The van der Waals surface area contributed by atoms with Crippen molar-refractivity contribution < 1.29 is 9.59 Å². The van der Waals surface area contributed by atoms with Gasteiger partial charge in [-0.1, -0.05) is 47.6 Å². The van der Waals surface area contributed by atoms with Crippen molar-refractivity contribution in [3.05, 3.63) is 39.9 Å². The van der Waals surface area contributed by atoms with E-state index in [0.29, 0.717) is 29.2 Å². The normalized spacial score (nSPS) is 20.3. The average molecular weight is 391 g/mol. The molecular formula is C18H19ClN4O2S. The number of hydrogen-bond acceptors (Lipinski definition) is 5. The quantitative estimate of drug-likeness (QED) is 0.848.